The number of hydrogen-bond acceptors (Lipinski definition) is 5. The second-order valence-corrected chi connectivity index (χ2v) is 8.29. The molecule has 0 spiro atoms. The molecule has 1 aliphatic rings. The molecule has 8 heteroatoms. The SMILES string of the molecule is CC[NH+](CC)CCCN1C(=O)C(=O)C(=C([O-])c2c(C)nc3ccccn23)C1c1ccncc1. The number of likely N-dealkylation sites (tertiary alicyclic amines) is 1. The molecule has 1 N–H and O–H groups in total. The van der Waals surface area contributed by atoms with E-state index in [-0.39, 0.29) is 5.57 Å². The first kappa shape index (κ1) is 22.7. The fourth-order valence-corrected chi connectivity index (χ4v) is 4.61. The molecule has 3 aromatic heterocycles. The number of nitrogens with zero attached hydrogens (tertiary/aromatic N) is 4. The predicted molar refractivity (Wildman–Crippen MR) is 122 cm³/mol. The van der Waals surface area contributed by atoms with Gasteiger partial charge in [-0.15, -0.1) is 0 Å². The number of fused-ring (bicyclic) bond motifs is 1. The lowest BCUT2D eigenvalue weighted by Gasteiger charge is -2.28. The number of ketones is 1. The van der Waals surface area contributed by atoms with Gasteiger partial charge in [0.15, 0.2) is 0 Å². The smallest absolute Gasteiger partial charge is 0.295 e. The van der Waals surface area contributed by atoms with Crippen LogP contribution in [0.3, 0.4) is 0 Å². The molecule has 1 unspecified atom stereocenters. The monoisotopic (exact) mass is 447 g/mol. The third kappa shape index (κ3) is 4.14. The highest BCUT2D eigenvalue weighted by atomic mass is 16.3. The van der Waals surface area contributed by atoms with E-state index >= 15 is 0 Å². The summed E-state index contributed by atoms with van der Waals surface area (Å²) in [6.07, 6.45) is 5.72. The third-order valence-electron chi connectivity index (χ3n) is 6.40. The molecule has 0 aliphatic carbocycles. The van der Waals surface area contributed by atoms with Crippen molar-refractivity contribution in [2.75, 3.05) is 26.2 Å². The van der Waals surface area contributed by atoms with Crippen LogP contribution >= 0.6 is 0 Å². The third-order valence-corrected chi connectivity index (χ3v) is 6.40. The van der Waals surface area contributed by atoms with Crippen molar-refractivity contribution >= 4 is 23.1 Å². The van der Waals surface area contributed by atoms with Crippen LogP contribution in [0.2, 0.25) is 0 Å². The molecule has 1 fully saturated rings. The molecular weight excluding hydrogens is 418 g/mol. The normalized spacial score (nSPS) is 18.1. The Morgan fingerprint density at radius 2 is 1.85 bits per heavy atom. The number of Topliss-reactive ketones (excluding diaryl/α,β-unsaturated/α-hetero) is 1. The number of amides is 1. The second kappa shape index (κ2) is 9.54. The van der Waals surface area contributed by atoms with Crippen LogP contribution in [-0.2, 0) is 9.59 Å². The molecule has 0 bridgehead atoms. The quantitative estimate of drug-likeness (QED) is 0.310. The van der Waals surface area contributed by atoms with Gasteiger partial charge in [0.2, 0.25) is 5.78 Å². The van der Waals surface area contributed by atoms with Crippen LogP contribution in [0.4, 0.5) is 0 Å². The highest BCUT2D eigenvalue weighted by molar-refractivity contribution is 6.46. The van der Waals surface area contributed by atoms with Gasteiger partial charge in [-0.3, -0.25) is 14.6 Å². The van der Waals surface area contributed by atoms with Gasteiger partial charge in [-0.1, -0.05) is 11.8 Å². The van der Waals surface area contributed by atoms with Crippen molar-refractivity contribution in [3.63, 3.8) is 0 Å². The molecule has 8 nitrogen and oxygen atoms in total. The first-order valence-electron chi connectivity index (χ1n) is 11.4. The van der Waals surface area contributed by atoms with Crippen molar-refractivity contribution in [1.82, 2.24) is 19.3 Å². The number of pyridine rings is 2. The molecule has 33 heavy (non-hydrogen) atoms. The first-order valence-corrected chi connectivity index (χ1v) is 11.4. The van der Waals surface area contributed by atoms with Crippen LogP contribution in [-0.4, -0.2) is 57.1 Å². The van der Waals surface area contributed by atoms with Gasteiger partial charge in [0.1, 0.15) is 5.65 Å². The molecule has 0 saturated carbocycles. The second-order valence-electron chi connectivity index (χ2n) is 8.29. The molecule has 4 heterocycles. The largest absolute Gasteiger partial charge is 0.871 e. The summed E-state index contributed by atoms with van der Waals surface area (Å²) < 4.78 is 1.68. The highest BCUT2D eigenvalue weighted by Crippen LogP contribution is 2.38. The van der Waals surface area contributed by atoms with Crippen LogP contribution in [0.5, 0.6) is 0 Å². The van der Waals surface area contributed by atoms with E-state index in [1.807, 2.05) is 6.07 Å². The van der Waals surface area contributed by atoms with Gasteiger partial charge in [-0.25, -0.2) is 4.98 Å². The summed E-state index contributed by atoms with van der Waals surface area (Å²) in [6.45, 7) is 9.31. The summed E-state index contributed by atoms with van der Waals surface area (Å²) in [5, 5.41) is 13.8. The zero-order valence-corrected chi connectivity index (χ0v) is 19.2. The average molecular weight is 448 g/mol. The van der Waals surface area contributed by atoms with E-state index in [2.05, 4.69) is 23.8 Å². The number of aryl methyl sites for hydroxylation is 1. The summed E-state index contributed by atoms with van der Waals surface area (Å²) in [4.78, 5) is 37.8. The zero-order chi connectivity index (χ0) is 23.5. The van der Waals surface area contributed by atoms with E-state index in [9.17, 15) is 14.7 Å². The number of nitrogens with one attached hydrogen (secondary N) is 1. The number of aromatic nitrogens is 3. The molecule has 1 aliphatic heterocycles. The van der Waals surface area contributed by atoms with Crippen molar-refractivity contribution in [3.05, 3.63) is 71.4 Å². The van der Waals surface area contributed by atoms with Crippen molar-refractivity contribution in [1.29, 1.82) is 0 Å². The summed E-state index contributed by atoms with van der Waals surface area (Å²) in [7, 11) is 0. The summed E-state index contributed by atoms with van der Waals surface area (Å²) in [5.74, 6) is -1.81. The van der Waals surface area contributed by atoms with Crippen molar-refractivity contribution in [2.45, 2.75) is 33.2 Å². The Kier molecular flexibility index (Phi) is 6.55. The molecule has 3 aromatic rings. The van der Waals surface area contributed by atoms with E-state index in [0.717, 1.165) is 26.1 Å². The Hall–Kier alpha value is -3.52. The number of rotatable bonds is 8. The Balaban J connectivity index is 1.80. The van der Waals surface area contributed by atoms with Gasteiger partial charge >= 0.3 is 0 Å². The summed E-state index contributed by atoms with van der Waals surface area (Å²) in [6, 6.07) is 8.23. The Morgan fingerprint density at radius 1 is 1.12 bits per heavy atom. The fourth-order valence-electron chi connectivity index (χ4n) is 4.61. The van der Waals surface area contributed by atoms with E-state index in [1.165, 1.54) is 4.90 Å². The molecule has 1 saturated heterocycles. The minimum absolute atomic E-state index is 0.0184. The van der Waals surface area contributed by atoms with Crippen molar-refractivity contribution in [3.8, 4) is 0 Å². The van der Waals surface area contributed by atoms with Gasteiger partial charge in [0, 0.05) is 37.1 Å². The van der Waals surface area contributed by atoms with Gasteiger partial charge in [0.05, 0.1) is 37.1 Å². The molecule has 1 atom stereocenters. The summed E-state index contributed by atoms with van der Waals surface area (Å²) in [5.41, 5.74) is 2.14. The minimum atomic E-state index is -0.735. The van der Waals surface area contributed by atoms with E-state index in [1.54, 1.807) is 59.1 Å². The average Bonchev–Trinajstić information content (AvgIpc) is 3.30. The maximum Gasteiger partial charge on any atom is 0.295 e. The Morgan fingerprint density at radius 3 is 2.55 bits per heavy atom. The fraction of sp³-hybridized carbons (Fsp3) is 0.360. The van der Waals surface area contributed by atoms with Gasteiger partial charge < -0.3 is 19.3 Å². The topological polar surface area (TPSA) is 95.1 Å². The lowest BCUT2D eigenvalue weighted by atomic mass is 9.97. The van der Waals surface area contributed by atoms with E-state index in [4.69, 9.17) is 0 Å². The highest BCUT2D eigenvalue weighted by Gasteiger charge is 2.44. The van der Waals surface area contributed by atoms with Crippen LogP contribution in [0.15, 0.2) is 54.5 Å². The molecule has 0 aromatic carbocycles. The maximum absolute atomic E-state index is 13.8. The number of hydrogen-bond donors (Lipinski definition) is 1. The van der Waals surface area contributed by atoms with Crippen molar-refractivity contribution < 1.29 is 19.6 Å². The van der Waals surface area contributed by atoms with Crippen molar-refractivity contribution in [2.24, 2.45) is 0 Å². The van der Waals surface area contributed by atoms with Crippen LogP contribution in [0.1, 0.15) is 43.3 Å². The molecule has 0 radical (unpaired) electrons. The van der Waals surface area contributed by atoms with Gasteiger partial charge in [-0.05, 0) is 50.6 Å². The van der Waals surface area contributed by atoms with Crippen LogP contribution in [0, 0.1) is 6.92 Å². The van der Waals surface area contributed by atoms with Crippen LogP contribution in [0.25, 0.3) is 11.4 Å². The number of quaternary nitrogens is 1. The molecule has 172 valence electrons. The van der Waals surface area contributed by atoms with E-state index < -0.39 is 23.5 Å². The lowest BCUT2D eigenvalue weighted by Crippen LogP contribution is -3.11. The van der Waals surface area contributed by atoms with Gasteiger partial charge in [0.25, 0.3) is 5.91 Å². The Labute approximate surface area is 193 Å². The number of carbonyl (C=O) groups excluding carboxylic acids is 2. The molecule has 1 amide bonds. The Bertz CT molecular complexity index is 1200. The number of carbonyl (C=O) groups is 2. The zero-order valence-electron chi connectivity index (χ0n) is 19.2. The standard InChI is InChI=1S/C25H29N5O3/c1-4-28(5-2)14-8-16-30-22(18-10-12-26-13-11-18)20(24(32)25(30)33)23(31)21-17(3)27-19-9-6-7-15-29(19)21/h6-7,9-13,15,22,31H,4-5,8,14,16H2,1-3H3. The molecular formula is C25H29N5O3. The summed E-state index contributed by atoms with van der Waals surface area (Å²) >= 11 is 0. The van der Waals surface area contributed by atoms with Crippen LogP contribution < -0.4 is 10.0 Å². The van der Waals surface area contributed by atoms with Gasteiger partial charge in [-0.2, -0.15) is 0 Å². The molecule has 4 rings (SSSR count). The first-order chi connectivity index (χ1) is 16.0. The predicted octanol–water partition coefficient (Wildman–Crippen LogP) is 0.577. The maximum atomic E-state index is 13.8. The lowest BCUT2D eigenvalue weighted by molar-refractivity contribution is -0.896. The minimum Gasteiger partial charge on any atom is -0.871 e. The van der Waals surface area contributed by atoms with E-state index in [0.29, 0.717) is 29.1 Å². The number of imidazole rings is 1.